The van der Waals surface area contributed by atoms with Crippen LogP contribution in [0.15, 0.2) is 60.7 Å². The summed E-state index contributed by atoms with van der Waals surface area (Å²) in [5.74, 6) is -0.217. The van der Waals surface area contributed by atoms with Gasteiger partial charge in [-0.1, -0.05) is 18.2 Å². The topological polar surface area (TPSA) is 82.5 Å². The number of fused-ring (bicyclic) bond motifs is 2. The minimum atomic E-state index is -0.197. The van der Waals surface area contributed by atoms with Gasteiger partial charge in [0, 0.05) is 36.5 Å². The maximum absolute atomic E-state index is 13.2. The molecule has 0 radical (unpaired) electrons. The van der Waals surface area contributed by atoms with Crippen molar-refractivity contribution in [3.63, 3.8) is 0 Å². The van der Waals surface area contributed by atoms with Gasteiger partial charge in [0.15, 0.2) is 0 Å². The Morgan fingerprint density at radius 2 is 1.91 bits per heavy atom. The predicted molar refractivity (Wildman–Crippen MR) is 134 cm³/mol. The first kappa shape index (κ1) is 22.3. The Kier molecular flexibility index (Phi) is 6.13. The van der Waals surface area contributed by atoms with Gasteiger partial charge in [-0.2, -0.15) is 0 Å². The van der Waals surface area contributed by atoms with Gasteiger partial charge in [-0.3, -0.25) is 9.59 Å². The number of aryl methyl sites for hydroxylation is 1. The Hall–Kier alpha value is -3.55. The van der Waals surface area contributed by atoms with Crippen LogP contribution in [0.25, 0.3) is 10.2 Å². The largest absolute Gasteiger partial charge is 0.396 e. The average Bonchev–Trinajstić information content (AvgIpc) is 3.22. The van der Waals surface area contributed by atoms with Gasteiger partial charge < -0.3 is 15.3 Å². The van der Waals surface area contributed by atoms with Crippen molar-refractivity contribution >= 4 is 39.1 Å². The van der Waals surface area contributed by atoms with Crippen molar-refractivity contribution in [3.8, 4) is 0 Å². The van der Waals surface area contributed by atoms with Gasteiger partial charge in [0.2, 0.25) is 0 Å². The maximum Gasteiger partial charge on any atom is 0.255 e. The van der Waals surface area contributed by atoms with E-state index in [1.807, 2.05) is 72.5 Å². The predicted octanol–water partition coefficient (Wildman–Crippen LogP) is 4.59. The number of hydrogen-bond acceptors (Lipinski definition) is 5. The van der Waals surface area contributed by atoms with Gasteiger partial charge in [-0.25, -0.2) is 4.98 Å². The van der Waals surface area contributed by atoms with Gasteiger partial charge in [0.1, 0.15) is 0 Å². The normalized spacial score (nSPS) is 13.1. The molecule has 1 aliphatic heterocycles. The summed E-state index contributed by atoms with van der Waals surface area (Å²) in [5, 5.41) is 13.1. The standard InChI is InChI=1S/C27H25N3O3S/c1-17-28-24-15-21(7-8-25(24)34-17)27(33)30-11-9-19-5-6-20(14-22(19)16-30)26(32)29-23-4-2-3-18(13-23)10-12-31/h2-8,13-15,31H,9-12,16H2,1H3,(H,29,32). The second-order valence-electron chi connectivity index (χ2n) is 8.50. The molecule has 0 unspecified atom stereocenters. The monoisotopic (exact) mass is 471 g/mol. The van der Waals surface area contributed by atoms with Crippen molar-refractivity contribution in [1.82, 2.24) is 9.88 Å². The molecule has 2 amide bonds. The second kappa shape index (κ2) is 9.37. The van der Waals surface area contributed by atoms with E-state index in [4.69, 9.17) is 5.11 Å². The first-order valence-electron chi connectivity index (χ1n) is 11.3. The number of rotatable bonds is 5. The number of carbonyl (C=O) groups excluding carboxylic acids is 2. The first-order chi connectivity index (χ1) is 16.5. The molecule has 5 rings (SSSR count). The molecule has 3 aromatic carbocycles. The van der Waals surface area contributed by atoms with Gasteiger partial charge >= 0.3 is 0 Å². The number of benzene rings is 3. The summed E-state index contributed by atoms with van der Waals surface area (Å²) in [5.41, 5.74) is 5.86. The van der Waals surface area contributed by atoms with Crippen LogP contribution >= 0.6 is 11.3 Å². The fourth-order valence-electron chi connectivity index (χ4n) is 4.37. The molecular formula is C27H25N3O3S. The molecule has 0 atom stereocenters. The van der Waals surface area contributed by atoms with Crippen LogP contribution in [-0.2, 0) is 19.4 Å². The molecule has 1 aliphatic rings. The summed E-state index contributed by atoms with van der Waals surface area (Å²) in [6.07, 6.45) is 1.30. The van der Waals surface area contributed by atoms with E-state index in [0.717, 1.165) is 38.3 Å². The highest BCUT2D eigenvalue weighted by molar-refractivity contribution is 7.18. The number of thiazole rings is 1. The van der Waals surface area contributed by atoms with Crippen molar-refractivity contribution in [1.29, 1.82) is 0 Å². The second-order valence-corrected chi connectivity index (χ2v) is 9.74. The Bertz CT molecular complexity index is 1400. The van der Waals surface area contributed by atoms with E-state index in [2.05, 4.69) is 10.3 Å². The molecule has 0 saturated heterocycles. The van der Waals surface area contributed by atoms with Crippen molar-refractivity contribution in [2.24, 2.45) is 0 Å². The third-order valence-electron chi connectivity index (χ3n) is 6.09. The van der Waals surface area contributed by atoms with Crippen molar-refractivity contribution < 1.29 is 14.7 Å². The van der Waals surface area contributed by atoms with E-state index in [1.165, 1.54) is 0 Å². The number of amides is 2. The molecule has 34 heavy (non-hydrogen) atoms. The zero-order chi connectivity index (χ0) is 23.7. The molecular weight excluding hydrogens is 446 g/mol. The quantitative estimate of drug-likeness (QED) is 0.446. The van der Waals surface area contributed by atoms with Crippen LogP contribution < -0.4 is 5.32 Å². The molecule has 172 valence electrons. The lowest BCUT2D eigenvalue weighted by atomic mass is 9.96. The van der Waals surface area contributed by atoms with Crippen LogP contribution in [0.1, 0.15) is 42.4 Å². The van der Waals surface area contributed by atoms with Crippen LogP contribution in [0.3, 0.4) is 0 Å². The third kappa shape index (κ3) is 4.58. The molecule has 4 aromatic rings. The molecule has 0 aliphatic carbocycles. The smallest absolute Gasteiger partial charge is 0.255 e. The van der Waals surface area contributed by atoms with Gasteiger partial charge in [-0.15, -0.1) is 11.3 Å². The number of aliphatic hydroxyl groups is 1. The van der Waals surface area contributed by atoms with E-state index in [-0.39, 0.29) is 18.4 Å². The third-order valence-corrected chi connectivity index (χ3v) is 7.05. The van der Waals surface area contributed by atoms with E-state index in [9.17, 15) is 9.59 Å². The lowest BCUT2D eigenvalue weighted by Gasteiger charge is -2.29. The Morgan fingerprint density at radius 3 is 2.76 bits per heavy atom. The number of nitrogens with one attached hydrogen (secondary N) is 1. The number of carbonyl (C=O) groups is 2. The number of aliphatic hydroxyl groups excluding tert-OH is 1. The Morgan fingerprint density at radius 1 is 1.06 bits per heavy atom. The average molecular weight is 472 g/mol. The van der Waals surface area contributed by atoms with Crippen molar-refractivity contribution in [2.75, 3.05) is 18.5 Å². The summed E-state index contributed by atoms with van der Waals surface area (Å²) in [7, 11) is 0. The lowest BCUT2D eigenvalue weighted by molar-refractivity contribution is 0.0735. The van der Waals surface area contributed by atoms with Gasteiger partial charge in [-0.05, 0) is 78.9 Å². The van der Waals surface area contributed by atoms with Crippen LogP contribution in [0, 0.1) is 6.92 Å². The van der Waals surface area contributed by atoms with Crippen molar-refractivity contribution in [2.45, 2.75) is 26.3 Å². The van der Waals surface area contributed by atoms with Crippen LogP contribution in [-0.4, -0.2) is 40.0 Å². The van der Waals surface area contributed by atoms with E-state index in [1.54, 1.807) is 11.3 Å². The number of hydrogen-bond donors (Lipinski definition) is 2. The molecule has 6 nitrogen and oxygen atoms in total. The molecule has 0 bridgehead atoms. The molecule has 0 spiro atoms. The molecule has 0 saturated carbocycles. The summed E-state index contributed by atoms with van der Waals surface area (Å²) >= 11 is 1.62. The molecule has 1 aromatic heterocycles. The molecule has 2 heterocycles. The summed E-state index contributed by atoms with van der Waals surface area (Å²) in [6.45, 7) is 3.14. The fourth-order valence-corrected chi connectivity index (χ4v) is 5.17. The molecule has 2 N–H and O–H groups in total. The van der Waals surface area contributed by atoms with E-state index < -0.39 is 0 Å². The Labute approximate surface area is 201 Å². The van der Waals surface area contributed by atoms with Crippen LogP contribution in [0.5, 0.6) is 0 Å². The van der Waals surface area contributed by atoms with E-state index >= 15 is 0 Å². The lowest BCUT2D eigenvalue weighted by Crippen LogP contribution is -2.36. The molecule has 7 heteroatoms. The highest BCUT2D eigenvalue weighted by atomic mass is 32.1. The summed E-state index contributed by atoms with van der Waals surface area (Å²) < 4.78 is 1.08. The minimum Gasteiger partial charge on any atom is -0.396 e. The van der Waals surface area contributed by atoms with Crippen LogP contribution in [0.2, 0.25) is 0 Å². The zero-order valence-corrected chi connectivity index (χ0v) is 19.7. The number of nitrogens with zero attached hydrogens (tertiary/aromatic N) is 2. The summed E-state index contributed by atoms with van der Waals surface area (Å²) in [4.78, 5) is 32.4. The number of anilines is 1. The van der Waals surface area contributed by atoms with Crippen LogP contribution in [0.4, 0.5) is 5.69 Å². The highest BCUT2D eigenvalue weighted by Gasteiger charge is 2.23. The minimum absolute atomic E-state index is 0.0197. The summed E-state index contributed by atoms with van der Waals surface area (Å²) in [6, 6.07) is 18.9. The van der Waals surface area contributed by atoms with E-state index in [0.29, 0.717) is 36.3 Å². The highest BCUT2D eigenvalue weighted by Crippen LogP contribution is 2.26. The van der Waals surface area contributed by atoms with Crippen molar-refractivity contribution in [3.05, 3.63) is 93.5 Å². The zero-order valence-electron chi connectivity index (χ0n) is 18.9. The van der Waals surface area contributed by atoms with Gasteiger partial charge in [0.25, 0.3) is 11.8 Å². The number of aromatic nitrogens is 1. The SMILES string of the molecule is Cc1nc2cc(C(=O)N3CCc4ccc(C(=O)Nc5cccc(CCO)c5)cc4C3)ccc2s1. The molecule has 0 fully saturated rings. The Balaban J connectivity index is 1.32. The van der Waals surface area contributed by atoms with Gasteiger partial charge in [0.05, 0.1) is 15.2 Å². The fraction of sp³-hybridized carbons (Fsp3) is 0.222. The maximum atomic E-state index is 13.2. The first-order valence-corrected chi connectivity index (χ1v) is 12.1.